The molecular weight excluding hydrogens is 184 g/mol. The Labute approximate surface area is 90.3 Å². The average molecular weight is 200 g/mol. The molecule has 1 aromatic heterocycles. The zero-order valence-electron chi connectivity index (χ0n) is 9.41. The van der Waals surface area contributed by atoms with Crippen molar-refractivity contribution in [2.24, 2.45) is 0 Å². The van der Waals surface area contributed by atoms with E-state index in [0.29, 0.717) is 5.92 Å². The van der Waals surface area contributed by atoms with Crippen molar-refractivity contribution >= 4 is 0 Å². The molecule has 2 aromatic rings. The molecule has 0 aliphatic heterocycles. The third kappa shape index (κ3) is 1.80. The summed E-state index contributed by atoms with van der Waals surface area (Å²) in [6.07, 6.45) is 0. The number of nitrogens with zero attached hydrogens (tertiary/aromatic N) is 1. The Morgan fingerprint density at radius 3 is 2.33 bits per heavy atom. The van der Waals surface area contributed by atoms with Crippen LogP contribution in [0.4, 0.5) is 0 Å². The van der Waals surface area contributed by atoms with Crippen molar-refractivity contribution in [1.82, 2.24) is 10.2 Å². The van der Waals surface area contributed by atoms with E-state index >= 15 is 0 Å². The Bertz CT molecular complexity index is 423. The Morgan fingerprint density at radius 1 is 1.13 bits per heavy atom. The van der Waals surface area contributed by atoms with Crippen LogP contribution in [0.5, 0.6) is 0 Å². The first-order chi connectivity index (χ1) is 7.20. The standard InChI is InChI=1S/C13H16N2/c1-9(12-7-5-4-6-8-12)13-10(2)14-15-11(13)3/h4-9H,1-3H3,(H,14,15). The molecule has 0 aliphatic rings. The molecule has 2 nitrogen and oxygen atoms in total. The summed E-state index contributed by atoms with van der Waals surface area (Å²) in [6, 6.07) is 10.5. The van der Waals surface area contributed by atoms with Gasteiger partial charge in [0.15, 0.2) is 0 Å². The number of aryl methyl sites for hydroxylation is 2. The van der Waals surface area contributed by atoms with Gasteiger partial charge in [0.1, 0.15) is 0 Å². The maximum absolute atomic E-state index is 4.24. The normalized spacial score (nSPS) is 12.7. The van der Waals surface area contributed by atoms with Crippen molar-refractivity contribution in [2.75, 3.05) is 0 Å². The number of nitrogens with one attached hydrogen (secondary N) is 1. The molecule has 0 fully saturated rings. The molecule has 0 saturated carbocycles. The van der Waals surface area contributed by atoms with Gasteiger partial charge >= 0.3 is 0 Å². The Morgan fingerprint density at radius 2 is 1.80 bits per heavy atom. The molecule has 15 heavy (non-hydrogen) atoms. The lowest BCUT2D eigenvalue weighted by molar-refractivity contribution is 0.900. The van der Waals surface area contributed by atoms with E-state index in [9.17, 15) is 0 Å². The molecule has 1 unspecified atom stereocenters. The van der Waals surface area contributed by atoms with Crippen LogP contribution >= 0.6 is 0 Å². The second-order valence-corrected chi connectivity index (χ2v) is 3.98. The Hall–Kier alpha value is -1.57. The largest absolute Gasteiger partial charge is 0.282 e. The van der Waals surface area contributed by atoms with E-state index < -0.39 is 0 Å². The molecule has 1 atom stereocenters. The number of H-pyrrole nitrogens is 1. The molecule has 0 amide bonds. The molecular formula is C13H16N2. The van der Waals surface area contributed by atoms with Crippen LogP contribution in [0.2, 0.25) is 0 Å². The van der Waals surface area contributed by atoms with Crippen LogP contribution in [-0.4, -0.2) is 10.2 Å². The van der Waals surface area contributed by atoms with Gasteiger partial charge in [0.2, 0.25) is 0 Å². The van der Waals surface area contributed by atoms with Crippen LogP contribution in [0.1, 0.15) is 35.4 Å². The number of rotatable bonds is 2. The number of aromatic amines is 1. The second-order valence-electron chi connectivity index (χ2n) is 3.98. The molecule has 0 spiro atoms. The lowest BCUT2D eigenvalue weighted by Crippen LogP contribution is -1.98. The lowest BCUT2D eigenvalue weighted by Gasteiger charge is -2.12. The smallest absolute Gasteiger partial charge is 0.0632 e. The highest BCUT2D eigenvalue weighted by Crippen LogP contribution is 2.27. The van der Waals surface area contributed by atoms with Crippen molar-refractivity contribution < 1.29 is 0 Å². The van der Waals surface area contributed by atoms with Gasteiger partial charge in [-0.15, -0.1) is 0 Å². The predicted octanol–water partition coefficient (Wildman–Crippen LogP) is 3.18. The first-order valence-corrected chi connectivity index (χ1v) is 5.26. The minimum Gasteiger partial charge on any atom is -0.282 e. The van der Waals surface area contributed by atoms with Crippen molar-refractivity contribution in [3.05, 3.63) is 52.8 Å². The van der Waals surface area contributed by atoms with Gasteiger partial charge in [-0.1, -0.05) is 37.3 Å². The highest BCUT2D eigenvalue weighted by molar-refractivity contribution is 5.36. The second kappa shape index (κ2) is 3.89. The quantitative estimate of drug-likeness (QED) is 0.792. The first-order valence-electron chi connectivity index (χ1n) is 5.26. The zero-order chi connectivity index (χ0) is 10.8. The molecule has 0 aliphatic carbocycles. The molecule has 1 heterocycles. The molecule has 0 saturated heterocycles. The molecule has 78 valence electrons. The van der Waals surface area contributed by atoms with Gasteiger partial charge in [0.05, 0.1) is 5.69 Å². The summed E-state index contributed by atoms with van der Waals surface area (Å²) in [6.45, 7) is 6.35. The highest BCUT2D eigenvalue weighted by Gasteiger charge is 2.15. The lowest BCUT2D eigenvalue weighted by atomic mass is 9.92. The molecule has 0 radical (unpaired) electrons. The summed E-state index contributed by atoms with van der Waals surface area (Å²) in [5.41, 5.74) is 4.93. The van der Waals surface area contributed by atoms with E-state index in [1.54, 1.807) is 0 Å². The maximum Gasteiger partial charge on any atom is 0.0632 e. The summed E-state index contributed by atoms with van der Waals surface area (Å²) >= 11 is 0. The van der Waals surface area contributed by atoms with Gasteiger partial charge in [0, 0.05) is 17.2 Å². The highest BCUT2D eigenvalue weighted by atomic mass is 15.1. The summed E-state index contributed by atoms with van der Waals surface area (Å²) in [5.74, 6) is 0.407. The number of hydrogen-bond acceptors (Lipinski definition) is 1. The fraction of sp³-hybridized carbons (Fsp3) is 0.308. The minimum absolute atomic E-state index is 0.407. The summed E-state index contributed by atoms with van der Waals surface area (Å²) < 4.78 is 0. The monoisotopic (exact) mass is 200 g/mol. The number of hydrogen-bond donors (Lipinski definition) is 1. The van der Waals surface area contributed by atoms with E-state index in [-0.39, 0.29) is 0 Å². The zero-order valence-corrected chi connectivity index (χ0v) is 9.41. The van der Waals surface area contributed by atoms with Crippen LogP contribution < -0.4 is 0 Å². The number of benzene rings is 1. The van der Waals surface area contributed by atoms with Gasteiger partial charge in [-0.2, -0.15) is 5.10 Å². The molecule has 1 aromatic carbocycles. The van der Waals surface area contributed by atoms with Crippen molar-refractivity contribution in [3.63, 3.8) is 0 Å². The van der Waals surface area contributed by atoms with E-state index in [1.165, 1.54) is 16.8 Å². The van der Waals surface area contributed by atoms with Crippen LogP contribution in [0.3, 0.4) is 0 Å². The summed E-state index contributed by atoms with van der Waals surface area (Å²) in [5, 5.41) is 7.28. The fourth-order valence-electron chi connectivity index (χ4n) is 2.11. The van der Waals surface area contributed by atoms with Crippen molar-refractivity contribution in [1.29, 1.82) is 0 Å². The van der Waals surface area contributed by atoms with Gasteiger partial charge in [-0.05, 0) is 19.4 Å². The van der Waals surface area contributed by atoms with E-state index in [1.807, 2.05) is 6.07 Å². The van der Waals surface area contributed by atoms with Gasteiger partial charge in [0.25, 0.3) is 0 Å². The molecule has 1 N–H and O–H groups in total. The topological polar surface area (TPSA) is 28.7 Å². The third-order valence-electron chi connectivity index (χ3n) is 2.92. The maximum atomic E-state index is 4.24. The molecule has 2 heteroatoms. The van der Waals surface area contributed by atoms with Crippen LogP contribution in [0, 0.1) is 13.8 Å². The van der Waals surface area contributed by atoms with Crippen molar-refractivity contribution in [2.45, 2.75) is 26.7 Å². The summed E-state index contributed by atoms with van der Waals surface area (Å²) in [7, 11) is 0. The molecule has 2 rings (SSSR count). The van der Waals surface area contributed by atoms with Gasteiger partial charge in [-0.3, -0.25) is 5.10 Å². The van der Waals surface area contributed by atoms with E-state index in [4.69, 9.17) is 0 Å². The fourth-order valence-corrected chi connectivity index (χ4v) is 2.11. The van der Waals surface area contributed by atoms with Gasteiger partial charge < -0.3 is 0 Å². The molecule has 0 bridgehead atoms. The van der Waals surface area contributed by atoms with Crippen LogP contribution in [0.25, 0.3) is 0 Å². The SMILES string of the molecule is Cc1n[nH]c(C)c1C(C)c1ccccc1. The average Bonchev–Trinajstić information content (AvgIpc) is 2.59. The first kappa shape index (κ1) is 9.97. The van der Waals surface area contributed by atoms with Crippen LogP contribution in [-0.2, 0) is 0 Å². The Balaban J connectivity index is 2.41. The minimum atomic E-state index is 0.407. The predicted molar refractivity (Wildman–Crippen MR) is 62.0 cm³/mol. The van der Waals surface area contributed by atoms with Crippen molar-refractivity contribution in [3.8, 4) is 0 Å². The Kier molecular flexibility index (Phi) is 2.58. The summed E-state index contributed by atoms with van der Waals surface area (Å²) in [4.78, 5) is 0. The van der Waals surface area contributed by atoms with Crippen LogP contribution in [0.15, 0.2) is 30.3 Å². The number of aromatic nitrogens is 2. The van der Waals surface area contributed by atoms with E-state index in [0.717, 1.165) is 5.69 Å². The third-order valence-corrected chi connectivity index (χ3v) is 2.92. The van der Waals surface area contributed by atoms with E-state index in [2.05, 4.69) is 55.2 Å². The van der Waals surface area contributed by atoms with Gasteiger partial charge in [-0.25, -0.2) is 0 Å².